The predicted octanol–water partition coefficient (Wildman–Crippen LogP) is 1.11. The third kappa shape index (κ3) is 2.01. The topological polar surface area (TPSA) is 58.0 Å². The smallest absolute Gasteiger partial charge is 0.149 e. The van der Waals surface area contributed by atoms with Crippen molar-refractivity contribution in [1.29, 1.82) is 0 Å². The van der Waals surface area contributed by atoms with Gasteiger partial charge in [-0.1, -0.05) is 0 Å². The van der Waals surface area contributed by atoms with Crippen molar-refractivity contribution in [3.8, 4) is 0 Å². The van der Waals surface area contributed by atoms with E-state index in [0.29, 0.717) is 5.82 Å². The fourth-order valence-corrected chi connectivity index (χ4v) is 1.81. The van der Waals surface area contributed by atoms with Crippen LogP contribution in [-0.2, 0) is 0 Å². The van der Waals surface area contributed by atoms with E-state index in [2.05, 4.69) is 15.5 Å². The predicted molar refractivity (Wildman–Crippen MR) is 54.0 cm³/mol. The van der Waals surface area contributed by atoms with Crippen molar-refractivity contribution < 1.29 is 6.48 Å². The maximum Gasteiger partial charge on any atom is 0.149 e. The first-order valence-electron chi connectivity index (χ1n) is 5.26. The van der Waals surface area contributed by atoms with Crippen molar-refractivity contribution in [3.63, 3.8) is 0 Å². The molecule has 0 aliphatic heterocycles. The minimum absolute atomic E-state index is 0.209. The number of aliphatic hydroxyl groups is 1. The molecule has 76 valence electrons. The molecule has 14 heavy (non-hydrogen) atoms. The Labute approximate surface area is 84.8 Å². The van der Waals surface area contributed by atoms with E-state index in [1.807, 2.05) is 19.9 Å². The molecule has 1 aromatic rings. The minimum Gasteiger partial charge on any atom is -0.390 e. The van der Waals surface area contributed by atoms with Crippen molar-refractivity contribution >= 4 is 5.82 Å². The molecular formula is C10H15N3O. The summed E-state index contributed by atoms with van der Waals surface area (Å²) in [6, 6.07) is 2.08. The molecule has 0 atom stereocenters. The van der Waals surface area contributed by atoms with Gasteiger partial charge in [-0.2, -0.15) is 5.10 Å². The zero-order chi connectivity index (χ0) is 11.1. The molecule has 0 amide bonds. The maximum atomic E-state index is 9.55. The summed E-state index contributed by atoms with van der Waals surface area (Å²) in [6.07, 6.45) is 1.67. The van der Waals surface area contributed by atoms with Crippen LogP contribution >= 0.6 is 0 Å². The Morgan fingerprint density at radius 1 is 1.71 bits per heavy atom. The summed E-state index contributed by atoms with van der Waals surface area (Å²) in [6.45, 7) is 3.66. The average molecular weight is 194 g/mol. The number of nitrogens with one attached hydrogen (secondary N) is 1. The minimum atomic E-state index is -0.532. The lowest BCUT2D eigenvalue weighted by molar-refractivity contribution is -0.0235. The number of anilines is 1. The largest absolute Gasteiger partial charge is 0.390 e. The van der Waals surface area contributed by atoms with Crippen LogP contribution in [0.15, 0.2) is 12.2 Å². The SMILES string of the molecule is [2H]c1nnc(NC2CC(C)(O)C2)cc1C. The summed E-state index contributed by atoms with van der Waals surface area (Å²) < 4.78 is 7.38. The highest BCUT2D eigenvalue weighted by molar-refractivity contribution is 5.37. The van der Waals surface area contributed by atoms with Crippen LogP contribution in [0.25, 0.3) is 0 Å². The van der Waals surface area contributed by atoms with Crippen LogP contribution in [0.3, 0.4) is 0 Å². The molecule has 2 rings (SSSR count). The third-order valence-corrected chi connectivity index (χ3v) is 2.46. The van der Waals surface area contributed by atoms with E-state index in [4.69, 9.17) is 1.37 Å². The van der Waals surface area contributed by atoms with Crippen molar-refractivity contribution in [2.24, 2.45) is 0 Å². The summed E-state index contributed by atoms with van der Waals surface area (Å²) in [5.41, 5.74) is 0.272. The molecule has 0 spiro atoms. The van der Waals surface area contributed by atoms with Crippen LogP contribution in [-0.4, -0.2) is 26.9 Å². The van der Waals surface area contributed by atoms with Crippen molar-refractivity contribution in [1.82, 2.24) is 10.2 Å². The number of aromatic nitrogens is 2. The van der Waals surface area contributed by atoms with Crippen LogP contribution in [0.1, 0.15) is 26.7 Å². The molecule has 0 radical (unpaired) electrons. The van der Waals surface area contributed by atoms with E-state index in [1.54, 1.807) is 0 Å². The van der Waals surface area contributed by atoms with Gasteiger partial charge in [0.1, 0.15) is 5.82 Å². The van der Waals surface area contributed by atoms with Crippen LogP contribution < -0.4 is 5.32 Å². The second-order valence-electron chi connectivity index (χ2n) is 4.27. The summed E-state index contributed by atoms with van der Waals surface area (Å²) in [5.74, 6) is 0.684. The van der Waals surface area contributed by atoms with Gasteiger partial charge in [-0.05, 0) is 38.3 Å². The first kappa shape index (κ1) is 8.17. The van der Waals surface area contributed by atoms with Gasteiger partial charge in [0, 0.05) is 6.04 Å². The molecule has 0 saturated heterocycles. The van der Waals surface area contributed by atoms with Crippen molar-refractivity contribution in [3.05, 3.63) is 17.8 Å². The monoisotopic (exact) mass is 194 g/mol. The summed E-state index contributed by atoms with van der Waals surface area (Å²) >= 11 is 0. The number of hydrogen-bond donors (Lipinski definition) is 2. The van der Waals surface area contributed by atoms with Crippen molar-refractivity contribution in [2.75, 3.05) is 5.32 Å². The highest BCUT2D eigenvalue weighted by Crippen LogP contribution is 2.33. The Morgan fingerprint density at radius 3 is 3.00 bits per heavy atom. The van der Waals surface area contributed by atoms with Crippen LogP contribution in [0.4, 0.5) is 5.82 Å². The molecule has 1 aromatic heterocycles. The molecule has 4 nitrogen and oxygen atoms in total. The number of rotatable bonds is 2. The fourth-order valence-electron chi connectivity index (χ4n) is 1.81. The van der Waals surface area contributed by atoms with Crippen LogP contribution in [0.2, 0.25) is 0 Å². The van der Waals surface area contributed by atoms with Gasteiger partial charge in [-0.15, -0.1) is 5.10 Å². The average Bonchev–Trinajstić information content (AvgIpc) is 2.08. The van der Waals surface area contributed by atoms with Gasteiger partial charge in [0.2, 0.25) is 0 Å². The highest BCUT2D eigenvalue weighted by atomic mass is 16.3. The Kier molecular flexibility index (Phi) is 1.87. The van der Waals surface area contributed by atoms with Gasteiger partial charge in [-0.25, -0.2) is 0 Å². The second kappa shape index (κ2) is 3.20. The quantitative estimate of drug-likeness (QED) is 0.740. The molecule has 1 fully saturated rings. The summed E-state index contributed by atoms with van der Waals surface area (Å²) in [4.78, 5) is 0. The normalized spacial score (nSPS) is 31.9. The van der Waals surface area contributed by atoms with Gasteiger partial charge in [-0.3, -0.25) is 0 Å². The zero-order valence-electron chi connectivity index (χ0n) is 9.41. The van der Waals surface area contributed by atoms with Gasteiger partial charge in [0.15, 0.2) is 0 Å². The molecular weight excluding hydrogens is 178 g/mol. The van der Waals surface area contributed by atoms with Crippen LogP contribution in [0.5, 0.6) is 0 Å². The summed E-state index contributed by atoms with van der Waals surface area (Å²) in [5, 5.41) is 20.3. The highest BCUT2D eigenvalue weighted by Gasteiger charge is 2.38. The molecule has 0 unspecified atom stereocenters. The lowest BCUT2D eigenvalue weighted by Gasteiger charge is -2.41. The molecule has 1 heterocycles. The Morgan fingerprint density at radius 2 is 2.43 bits per heavy atom. The molecule has 0 aromatic carbocycles. The maximum absolute atomic E-state index is 9.55. The number of aryl methyl sites for hydroxylation is 1. The second-order valence-corrected chi connectivity index (χ2v) is 4.27. The molecule has 0 bridgehead atoms. The van der Waals surface area contributed by atoms with E-state index in [1.165, 1.54) is 0 Å². The lowest BCUT2D eigenvalue weighted by atomic mass is 9.77. The number of nitrogens with zero attached hydrogens (tertiary/aromatic N) is 2. The van der Waals surface area contributed by atoms with Gasteiger partial charge < -0.3 is 10.4 Å². The molecule has 1 saturated carbocycles. The zero-order valence-corrected chi connectivity index (χ0v) is 8.41. The Balaban J connectivity index is 1.98. The first-order valence-corrected chi connectivity index (χ1v) is 4.76. The molecule has 1 aliphatic rings. The molecule has 2 N–H and O–H groups in total. The Bertz CT molecular complexity index is 373. The van der Waals surface area contributed by atoms with Gasteiger partial charge in [0.05, 0.1) is 13.1 Å². The van der Waals surface area contributed by atoms with E-state index in [-0.39, 0.29) is 12.2 Å². The number of hydrogen-bond acceptors (Lipinski definition) is 4. The Hall–Kier alpha value is -1.16. The van der Waals surface area contributed by atoms with Crippen molar-refractivity contribution in [2.45, 2.75) is 38.3 Å². The van der Waals surface area contributed by atoms with E-state index < -0.39 is 5.60 Å². The standard InChI is InChI=1S/C10H15N3O/c1-7-3-9(13-11-6-7)12-8-4-10(2,14)5-8/h3,6,8,14H,4-5H2,1-2H3,(H,12,13)/i6D. The van der Waals surface area contributed by atoms with E-state index in [9.17, 15) is 5.11 Å². The fraction of sp³-hybridized carbons (Fsp3) is 0.600. The summed E-state index contributed by atoms with van der Waals surface area (Å²) in [7, 11) is 0. The van der Waals surface area contributed by atoms with E-state index in [0.717, 1.165) is 18.4 Å². The van der Waals surface area contributed by atoms with Gasteiger partial charge >= 0.3 is 0 Å². The van der Waals surface area contributed by atoms with E-state index >= 15 is 0 Å². The first-order chi connectivity index (χ1) is 6.96. The lowest BCUT2D eigenvalue weighted by Crippen LogP contribution is -2.48. The van der Waals surface area contributed by atoms with Crippen LogP contribution in [0, 0.1) is 6.92 Å². The van der Waals surface area contributed by atoms with Gasteiger partial charge in [0.25, 0.3) is 0 Å². The third-order valence-electron chi connectivity index (χ3n) is 2.46. The molecule has 4 heteroatoms. The molecule has 1 aliphatic carbocycles.